The van der Waals surface area contributed by atoms with E-state index < -0.39 is 0 Å². The first-order valence-electron chi connectivity index (χ1n) is 5.95. The van der Waals surface area contributed by atoms with Gasteiger partial charge in [0.2, 0.25) is 0 Å². The predicted molar refractivity (Wildman–Crippen MR) is 69.1 cm³/mol. The molecule has 0 aliphatic carbocycles. The molecule has 0 aliphatic rings. The molecule has 0 bridgehead atoms. The Morgan fingerprint density at radius 2 is 2.06 bits per heavy atom. The number of ether oxygens (including phenoxy) is 1. The van der Waals surface area contributed by atoms with Gasteiger partial charge in [0.1, 0.15) is 18.7 Å². The Hall–Kier alpha value is -1.88. The number of hydrogen-bond donors (Lipinski definition) is 1. The van der Waals surface area contributed by atoms with E-state index in [1.807, 2.05) is 42.8 Å². The van der Waals surface area contributed by atoms with Gasteiger partial charge in [-0.3, -0.25) is 0 Å². The van der Waals surface area contributed by atoms with E-state index in [2.05, 4.69) is 10.2 Å². The maximum absolute atomic E-state index is 5.75. The molecule has 18 heavy (non-hydrogen) atoms. The minimum Gasteiger partial charge on any atom is -0.486 e. The van der Waals surface area contributed by atoms with Crippen molar-refractivity contribution < 1.29 is 4.74 Å². The summed E-state index contributed by atoms with van der Waals surface area (Å²) in [6.45, 7) is 2.42. The van der Waals surface area contributed by atoms with Crippen molar-refractivity contribution in [2.75, 3.05) is 0 Å². The summed E-state index contributed by atoms with van der Waals surface area (Å²) in [6.07, 6.45) is 2.54. The van der Waals surface area contributed by atoms with Crippen LogP contribution >= 0.6 is 0 Å². The van der Waals surface area contributed by atoms with Crippen LogP contribution in [0, 0.1) is 0 Å². The Bertz CT molecular complexity index is 490. The average Bonchev–Trinajstić information content (AvgIpc) is 2.73. The molecule has 0 spiro atoms. The van der Waals surface area contributed by atoms with Gasteiger partial charge in [-0.15, -0.1) is 10.2 Å². The van der Waals surface area contributed by atoms with Gasteiger partial charge in [-0.2, -0.15) is 0 Å². The van der Waals surface area contributed by atoms with Crippen LogP contribution in [0.25, 0.3) is 0 Å². The summed E-state index contributed by atoms with van der Waals surface area (Å²) >= 11 is 0. The van der Waals surface area contributed by atoms with Crippen molar-refractivity contribution in [3.8, 4) is 5.75 Å². The van der Waals surface area contributed by atoms with Crippen molar-refractivity contribution >= 4 is 0 Å². The largest absolute Gasteiger partial charge is 0.486 e. The maximum Gasteiger partial charge on any atom is 0.170 e. The smallest absolute Gasteiger partial charge is 0.170 e. The molecular formula is C13H18N4O. The SMILES string of the molecule is CC(N)Cc1ccc(OCc2nncn2C)cc1. The van der Waals surface area contributed by atoms with Crippen molar-refractivity contribution in [1.82, 2.24) is 14.8 Å². The molecule has 0 amide bonds. The molecule has 0 saturated carbocycles. The third kappa shape index (κ3) is 3.30. The predicted octanol–water partition coefficient (Wildman–Crippen LogP) is 1.28. The molecule has 1 aromatic carbocycles. The van der Waals surface area contributed by atoms with E-state index in [1.54, 1.807) is 6.33 Å². The zero-order chi connectivity index (χ0) is 13.0. The molecule has 0 aliphatic heterocycles. The monoisotopic (exact) mass is 246 g/mol. The van der Waals surface area contributed by atoms with E-state index in [0.29, 0.717) is 6.61 Å². The van der Waals surface area contributed by atoms with Crippen LogP contribution in [-0.2, 0) is 20.1 Å². The topological polar surface area (TPSA) is 66.0 Å². The molecule has 0 fully saturated rings. The number of nitrogens with zero attached hydrogens (tertiary/aromatic N) is 3. The van der Waals surface area contributed by atoms with E-state index in [4.69, 9.17) is 10.5 Å². The van der Waals surface area contributed by atoms with Crippen LogP contribution in [0.4, 0.5) is 0 Å². The third-order valence-corrected chi connectivity index (χ3v) is 2.65. The van der Waals surface area contributed by atoms with Gasteiger partial charge in [0.15, 0.2) is 5.82 Å². The first-order chi connectivity index (χ1) is 8.65. The van der Waals surface area contributed by atoms with Gasteiger partial charge < -0.3 is 15.0 Å². The molecule has 2 aromatic rings. The third-order valence-electron chi connectivity index (χ3n) is 2.65. The van der Waals surface area contributed by atoms with Crippen molar-refractivity contribution in [2.24, 2.45) is 12.8 Å². The second-order valence-electron chi connectivity index (χ2n) is 4.47. The van der Waals surface area contributed by atoms with Crippen LogP contribution in [0.5, 0.6) is 5.75 Å². The second-order valence-corrected chi connectivity index (χ2v) is 4.47. The molecule has 2 rings (SSSR count). The summed E-state index contributed by atoms with van der Waals surface area (Å²) in [4.78, 5) is 0. The normalized spacial score (nSPS) is 12.4. The Kier molecular flexibility index (Phi) is 3.94. The van der Waals surface area contributed by atoms with Crippen LogP contribution in [0.3, 0.4) is 0 Å². The molecule has 1 unspecified atom stereocenters. The van der Waals surface area contributed by atoms with Crippen LogP contribution in [-0.4, -0.2) is 20.8 Å². The van der Waals surface area contributed by atoms with Gasteiger partial charge in [0.05, 0.1) is 0 Å². The van der Waals surface area contributed by atoms with Crippen LogP contribution < -0.4 is 10.5 Å². The fourth-order valence-electron chi connectivity index (χ4n) is 1.68. The first kappa shape index (κ1) is 12.6. The van der Waals surface area contributed by atoms with Gasteiger partial charge in [0.25, 0.3) is 0 Å². The second kappa shape index (κ2) is 5.64. The highest BCUT2D eigenvalue weighted by Crippen LogP contribution is 2.14. The van der Waals surface area contributed by atoms with Gasteiger partial charge in [-0.05, 0) is 31.0 Å². The Labute approximate surface area is 107 Å². The Morgan fingerprint density at radius 1 is 1.33 bits per heavy atom. The van der Waals surface area contributed by atoms with Crippen LogP contribution in [0.1, 0.15) is 18.3 Å². The molecule has 1 heterocycles. The van der Waals surface area contributed by atoms with Gasteiger partial charge in [-0.1, -0.05) is 12.1 Å². The first-order valence-corrected chi connectivity index (χ1v) is 5.95. The highest BCUT2D eigenvalue weighted by atomic mass is 16.5. The number of aryl methyl sites for hydroxylation is 1. The molecule has 5 heteroatoms. The molecule has 2 N–H and O–H groups in total. The summed E-state index contributed by atoms with van der Waals surface area (Å²) in [5, 5.41) is 7.76. The lowest BCUT2D eigenvalue weighted by Crippen LogP contribution is -2.17. The summed E-state index contributed by atoms with van der Waals surface area (Å²) in [5.41, 5.74) is 6.97. The number of nitrogens with two attached hydrogens (primary N) is 1. The lowest BCUT2D eigenvalue weighted by Gasteiger charge is -2.08. The number of aromatic nitrogens is 3. The fourth-order valence-corrected chi connectivity index (χ4v) is 1.68. The molecule has 1 atom stereocenters. The zero-order valence-electron chi connectivity index (χ0n) is 10.7. The average molecular weight is 246 g/mol. The zero-order valence-corrected chi connectivity index (χ0v) is 10.7. The quantitative estimate of drug-likeness (QED) is 0.863. The van der Waals surface area contributed by atoms with Crippen LogP contribution in [0.15, 0.2) is 30.6 Å². The van der Waals surface area contributed by atoms with E-state index in [1.165, 1.54) is 5.56 Å². The highest BCUT2D eigenvalue weighted by Gasteiger charge is 2.02. The van der Waals surface area contributed by atoms with Crippen molar-refractivity contribution in [1.29, 1.82) is 0 Å². The van der Waals surface area contributed by atoms with Gasteiger partial charge in [-0.25, -0.2) is 0 Å². The summed E-state index contributed by atoms with van der Waals surface area (Å²) < 4.78 is 7.47. The lowest BCUT2D eigenvalue weighted by atomic mass is 10.1. The van der Waals surface area contributed by atoms with Crippen molar-refractivity contribution in [2.45, 2.75) is 26.0 Å². The van der Waals surface area contributed by atoms with Crippen molar-refractivity contribution in [3.05, 3.63) is 42.0 Å². The minimum atomic E-state index is 0.176. The number of hydrogen-bond acceptors (Lipinski definition) is 4. The van der Waals surface area contributed by atoms with Gasteiger partial charge in [0, 0.05) is 13.1 Å². The summed E-state index contributed by atoms with van der Waals surface area (Å²) in [7, 11) is 1.89. The van der Waals surface area contributed by atoms with E-state index in [-0.39, 0.29) is 6.04 Å². The van der Waals surface area contributed by atoms with Gasteiger partial charge >= 0.3 is 0 Å². The van der Waals surface area contributed by atoms with E-state index in [0.717, 1.165) is 18.0 Å². The molecular weight excluding hydrogens is 228 g/mol. The lowest BCUT2D eigenvalue weighted by molar-refractivity contribution is 0.291. The van der Waals surface area contributed by atoms with Crippen molar-refractivity contribution in [3.63, 3.8) is 0 Å². The molecule has 96 valence electrons. The van der Waals surface area contributed by atoms with E-state index >= 15 is 0 Å². The summed E-state index contributed by atoms with van der Waals surface area (Å²) in [5.74, 6) is 1.63. The molecule has 0 saturated heterocycles. The minimum absolute atomic E-state index is 0.176. The standard InChI is InChI=1S/C13H18N4O/c1-10(14)7-11-3-5-12(6-4-11)18-8-13-16-15-9-17(13)2/h3-6,9-10H,7-8,14H2,1-2H3. The molecule has 1 aromatic heterocycles. The number of rotatable bonds is 5. The highest BCUT2D eigenvalue weighted by molar-refractivity contribution is 5.27. The fraction of sp³-hybridized carbons (Fsp3) is 0.385. The van der Waals surface area contributed by atoms with E-state index in [9.17, 15) is 0 Å². The Balaban J connectivity index is 1.92. The summed E-state index contributed by atoms with van der Waals surface area (Å²) in [6, 6.07) is 8.16. The number of benzene rings is 1. The van der Waals surface area contributed by atoms with Crippen LogP contribution in [0.2, 0.25) is 0 Å². The maximum atomic E-state index is 5.75. The molecule has 5 nitrogen and oxygen atoms in total. The molecule has 0 radical (unpaired) electrons. The Morgan fingerprint density at radius 3 is 2.61 bits per heavy atom.